The van der Waals surface area contributed by atoms with Gasteiger partial charge in [0.15, 0.2) is 0 Å². The largest absolute Gasteiger partial charge is 0.336 e. The monoisotopic (exact) mass is 228 g/mol. The number of sulfone groups is 1. The molecule has 0 bridgehead atoms. The lowest BCUT2D eigenvalue weighted by Gasteiger charge is -2.12. The van der Waals surface area contributed by atoms with Gasteiger partial charge in [0.25, 0.3) is 0 Å². The molecule has 0 atom stereocenters. The van der Waals surface area contributed by atoms with E-state index in [1.54, 1.807) is 0 Å². The number of amides is 2. The molecule has 0 spiro atoms. The zero-order valence-corrected chi connectivity index (χ0v) is 8.95. The predicted molar refractivity (Wildman–Crippen MR) is 51.9 cm³/mol. The number of rotatable bonds is 3. The summed E-state index contributed by atoms with van der Waals surface area (Å²) in [5.41, 5.74) is 0. The van der Waals surface area contributed by atoms with E-state index >= 15 is 0 Å². The van der Waals surface area contributed by atoms with E-state index < -0.39 is 9.84 Å². The van der Waals surface area contributed by atoms with Crippen LogP contribution in [-0.4, -0.2) is 51.0 Å². The van der Waals surface area contributed by atoms with Crippen LogP contribution >= 0.6 is 12.4 Å². The maximum atomic E-state index is 10.9. The van der Waals surface area contributed by atoms with Crippen LogP contribution in [0.2, 0.25) is 0 Å². The summed E-state index contributed by atoms with van der Waals surface area (Å²) >= 11 is 0. The molecule has 0 aromatic heterocycles. The fraction of sp³-hybridized carbons (Fsp3) is 0.833. The van der Waals surface area contributed by atoms with E-state index in [9.17, 15) is 13.2 Å². The van der Waals surface area contributed by atoms with Gasteiger partial charge in [-0.1, -0.05) is 0 Å². The normalized spacial score (nSPS) is 16.7. The highest BCUT2D eigenvalue weighted by atomic mass is 35.5. The van der Waals surface area contributed by atoms with Crippen LogP contribution in [0.4, 0.5) is 4.79 Å². The zero-order chi connectivity index (χ0) is 9.19. The lowest BCUT2D eigenvalue weighted by Crippen LogP contribution is -2.32. The molecule has 1 aliphatic rings. The molecule has 1 rings (SSSR count). The van der Waals surface area contributed by atoms with Gasteiger partial charge in [-0.05, 0) is 0 Å². The molecule has 0 aromatic carbocycles. The van der Waals surface area contributed by atoms with E-state index in [1.807, 2.05) is 0 Å². The molecule has 5 nitrogen and oxygen atoms in total. The summed E-state index contributed by atoms with van der Waals surface area (Å²) in [6.45, 7) is 1.52. The zero-order valence-electron chi connectivity index (χ0n) is 7.32. The molecule has 0 unspecified atom stereocenters. The molecule has 1 fully saturated rings. The smallest absolute Gasteiger partial charge is 0.317 e. The molecule has 0 aliphatic carbocycles. The second-order valence-corrected chi connectivity index (χ2v) is 5.11. The molecular formula is C6H13ClN2O3S. The van der Waals surface area contributed by atoms with Crippen LogP contribution in [0.1, 0.15) is 0 Å². The standard InChI is InChI=1S/C6H12N2O3S.ClH/c1-12(10,11)5-4-8-3-2-7-6(8)9;/h2-5H2,1H3,(H,7,9);1H. The molecular weight excluding hydrogens is 216 g/mol. The number of nitrogens with one attached hydrogen (secondary N) is 1. The van der Waals surface area contributed by atoms with E-state index in [4.69, 9.17) is 0 Å². The number of hydrogen-bond donors (Lipinski definition) is 1. The third kappa shape index (κ3) is 4.33. The topological polar surface area (TPSA) is 66.5 Å². The van der Waals surface area contributed by atoms with Crippen LogP contribution in [-0.2, 0) is 9.84 Å². The van der Waals surface area contributed by atoms with Gasteiger partial charge in [-0.3, -0.25) is 0 Å². The Morgan fingerprint density at radius 1 is 1.54 bits per heavy atom. The highest BCUT2D eigenvalue weighted by Gasteiger charge is 2.19. The highest BCUT2D eigenvalue weighted by molar-refractivity contribution is 7.90. The Balaban J connectivity index is 0.00000144. The molecule has 1 aliphatic heterocycles. The number of nitrogens with zero attached hydrogens (tertiary/aromatic N) is 1. The fourth-order valence-corrected chi connectivity index (χ4v) is 1.55. The molecule has 1 heterocycles. The summed E-state index contributed by atoms with van der Waals surface area (Å²) < 4.78 is 21.5. The molecule has 1 saturated heterocycles. The lowest BCUT2D eigenvalue weighted by molar-refractivity contribution is 0.220. The summed E-state index contributed by atoms with van der Waals surface area (Å²) in [5.74, 6) is 0.0421. The van der Waals surface area contributed by atoms with E-state index in [0.29, 0.717) is 19.6 Å². The molecule has 1 N–H and O–H groups in total. The van der Waals surface area contributed by atoms with Crippen molar-refractivity contribution in [2.45, 2.75) is 0 Å². The van der Waals surface area contributed by atoms with Crippen molar-refractivity contribution in [3.63, 3.8) is 0 Å². The van der Waals surface area contributed by atoms with Gasteiger partial charge in [0.1, 0.15) is 9.84 Å². The predicted octanol–water partition coefficient (Wildman–Crippen LogP) is -0.522. The number of urea groups is 1. The third-order valence-corrected chi connectivity index (χ3v) is 2.60. The minimum atomic E-state index is -2.96. The van der Waals surface area contributed by atoms with Crippen LogP contribution < -0.4 is 5.32 Å². The average Bonchev–Trinajstić information content (AvgIpc) is 2.29. The first kappa shape index (κ1) is 12.5. The molecule has 0 saturated carbocycles. The Hall–Kier alpha value is -0.490. The van der Waals surface area contributed by atoms with Gasteiger partial charge in [-0.15, -0.1) is 12.4 Å². The maximum Gasteiger partial charge on any atom is 0.317 e. The van der Waals surface area contributed by atoms with Gasteiger partial charge in [-0.2, -0.15) is 0 Å². The molecule has 13 heavy (non-hydrogen) atoms. The fourth-order valence-electron chi connectivity index (χ4n) is 1.00. The number of halogens is 1. The van der Waals surface area contributed by atoms with E-state index in [1.165, 1.54) is 11.2 Å². The highest BCUT2D eigenvalue weighted by Crippen LogP contribution is 1.96. The van der Waals surface area contributed by atoms with Gasteiger partial charge in [0.2, 0.25) is 0 Å². The number of carbonyl (C=O) groups is 1. The molecule has 78 valence electrons. The SMILES string of the molecule is CS(=O)(=O)CCN1CCNC1=O.Cl. The van der Waals surface area contributed by atoms with Crippen molar-refractivity contribution in [3.8, 4) is 0 Å². The van der Waals surface area contributed by atoms with E-state index in [-0.39, 0.29) is 24.2 Å². The molecule has 7 heteroatoms. The summed E-state index contributed by atoms with van der Waals surface area (Å²) in [7, 11) is -2.96. The van der Waals surface area contributed by atoms with Crippen molar-refractivity contribution in [1.29, 1.82) is 0 Å². The second-order valence-electron chi connectivity index (χ2n) is 2.85. The summed E-state index contributed by atoms with van der Waals surface area (Å²) in [5, 5.41) is 2.60. The Bertz CT molecular complexity index is 278. The van der Waals surface area contributed by atoms with E-state index in [0.717, 1.165) is 0 Å². The van der Waals surface area contributed by atoms with Gasteiger partial charge in [0, 0.05) is 25.9 Å². The first-order valence-electron chi connectivity index (χ1n) is 3.69. The van der Waals surface area contributed by atoms with Gasteiger partial charge < -0.3 is 10.2 Å². The minimum Gasteiger partial charge on any atom is -0.336 e. The Morgan fingerprint density at radius 3 is 2.54 bits per heavy atom. The van der Waals surface area contributed by atoms with Crippen LogP contribution in [0.15, 0.2) is 0 Å². The molecule has 0 aromatic rings. The number of carbonyl (C=O) groups excluding carboxylic acids is 1. The van der Waals surface area contributed by atoms with Crippen LogP contribution in [0.3, 0.4) is 0 Å². The third-order valence-electron chi connectivity index (χ3n) is 1.68. The van der Waals surface area contributed by atoms with Crippen molar-refractivity contribution in [2.24, 2.45) is 0 Å². The van der Waals surface area contributed by atoms with Crippen LogP contribution in [0, 0.1) is 0 Å². The van der Waals surface area contributed by atoms with Gasteiger partial charge >= 0.3 is 6.03 Å². The van der Waals surface area contributed by atoms with Crippen molar-refractivity contribution in [1.82, 2.24) is 10.2 Å². The van der Waals surface area contributed by atoms with E-state index in [2.05, 4.69) is 5.32 Å². The summed E-state index contributed by atoms with van der Waals surface area (Å²) in [4.78, 5) is 12.4. The first-order valence-corrected chi connectivity index (χ1v) is 5.75. The molecule has 2 amide bonds. The Labute approximate surface area is 83.8 Å². The minimum absolute atomic E-state index is 0. The average molecular weight is 229 g/mol. The van der Waals surface area contributed by atoms with Crippen molar-refractivity contribution in [2.75, 3.05) is 31.6 Å². The summed E-state index contributed by atoms with van der Waals surface area (Å²) in [6, 6.07) is -0.168. The Morgan fingerprint density at radius 2 is 2.15 bits per heavy atom. The van der Waals surface area contributed by atoms with Crippen molar-refractivity contribution in [3.05, 3.63) is 0 Å². The molecule has 0 radical (unpaired) electrons. The van der Waals surface area contributed by atoms with Gasteiger partial charge in [-0.25, -0.2) is 13.2 Å². The quantitative estimate of drug-likeness (QED) is 0.707. The first-order chi connectivity index (χ1) is 5.49. The number of hydrogen-bond acceptors (Lipinski definition) is 3. The van der Waals surface area contributed by atoms with Crippen molar-refractivity contribution < 1.29 is 13.2 Å². The van der Waals surface area contributed by atoms with Gasteiger partial charge in [0.05, 0.1) is 5.75 Å². The maximum absolute atomic E-state index is 10.9. The Kier molecular flexibility index (Phi) is 4.49. The van der Waals surface area contributed by atoms with Crippen LogP contribution in [0.25, 0.3) is 0 Å². The lowest BCUT2D eigenvalue weighted by atomic mass is 10.6. The second kappa shape index (κ2) is 4.66. The van der Waals surface area contributed by atoms with Crippen molar-refractivity contribution >= 4 is 28.3 Å². The summed E-state index contributed by atoms with van der Waals surface area (Å²) in [6.07, 6.45) is 1.17. The van der Waals surface area contributed by atoms with Crippen LogP contribution in [0.5, 0.6) is 0 Å².